The van der Waals surface area contributed by atoms with Crippen molar-refractivity contribution in [1.29, 1.82) is 0 Å². The number of thioether (sulfide) groups is 1. The van der Waals surface area contributed by atoms with Crippen molar-refractivity contribution in [2.24, 2.45) is 0 Å². The van der Waals surface area contributed by atoms with Gasteiger partial charge in [0.1, 0.15) is 6.33 Å². The minimum absolute atomic E-state index is 0.168. The Morgan fingerprint density at radius 1 is 1.77 bits per heavy atom. The van der Waals surface area contributed by atoms with Gasteiger partial charge in [-0.25, -0.2) is 4.98 Å². The van der Waals surface area contributed by atoms with Crippen LogP contribution in [0.15, 0.2) is 11.5 Å². The van der Waals surface area contributed by atoms with E-state index in [4.69, 9.17) is 0 Å². The van der Waals surface area contributed by atoms with Crippen LogP contribution >= 0.6 is 11.8 Å². The number of hydrogen-bond donors (Lipinski definition) is 1. The van der Waals surface area contributed by atoms with Gasteiger partial charge in [0.05, 0.1) is 7.11 Å². The molecule has 1 N–H and O–H groups in total. The number of carbonyl (C=O) groups excluding carboxylic acids is 1. The summed E-state index contributed by atoms with van der Waals surface area (Å²) in [6, 6.07) is 0. The zero-order chi connectivity index (χ0) is 9.52. The van der Waals surface area contributed by atoms with Crippen molar-refractivity contribution in [3.63, 3.8) is 0 Å². The first-order chi connectivity index (χ1) is 6.33. The smallest absolute Gasteiger partial charge is 0.305 e. The van der Waals surface area contributed by atoms with Crippen LogP contribution in [0.3, 0.4) is 0 Å². The highest BCUT2D eigenvalue weighted by Crippen LogP contribution is 2.12. The molecule has 0 amide bonds. The molecule has 72 valence electrons. The van der Waals surface area contributed by atoms with Crippen LogP contribution in [0.2, 0.25) is 0 Å². The molecule has 1 rings (SSSR count). The van der Waals surface area contributed by atoms with E-state index in [1.165, 1.54) is 13.4 Å². The average molecular weight is 201 g/mol. The van der Waals surface area contributed by atoms with Crippen LogP contribution in [0.25, 0.3) is 0 Å². The molecule has 1 heterocycles. The molecular weight excluding hydrogens is 190 g/mol. The number of esters is 1. The maximum Gasteiger partial charge on any atom is 0.305 e. The molecule has 6 heteroatoms. The number of rotatable bonds is 5. The van der Waals surface area contributed by atoms with Crippen LogP contribution in [0, 0.1) is 0 Å². The normalized spacial score (nSPS) is 9.92. The third-order valence-corrected chi connectivity index (χ3v) is 2.35. The van der Waals surface area contributed by atoms with Crippen LogP contribution < -0.4 is 0 Å². The molecule has 0 radical (unpaired) electrons. The lowest BCUT2D eigenvalue weighted by Crippen LogP contribution is -2.00. The van der Waals surface area contributed by atoms with E-state index in [0.717, 1.165) is 17.3 Å². The zero-order valence-electron chi connectivity index (χ0n) is 7.32. The lowest BCUT2D eigenvalue weighted by Gasteiger charge is -1.97. The van der Waals surface area contributed by atoms with E-state index in [2.05, 4.69) is 19.9 Å². The molecule has 0 saturated heterocycles. The predicted molar refractivity (Wildman–Crippen MR) is 48.4 cm³/mol. The van der Waals surface area contributed by atoms with Crippen molar-refractivity contribution in [1.82, 2.24) is 15.2 Å². The zero-order valence-corrected chi connectivity index (χ0v) is 8.13. The molecule has 0 bridgehead atoms. The van der Waals surface area contributed by atoms with Crippen molar-refractivity contribution < 1.29 is 9.53 Å². The van der Waals surface area contributed by atoms with E-state index < -0.39 is 0 Å². The lowest BCUT2D eigenvalue weighted by molar-refractivity contribution is -0.140. The molecule has 0 fully saturated rings. The number of nitrogens with one attached hydrogen (secondary N) is 1. The van der Waals surface area contributed by atoms with Gasteiger partial charge in [-0.15, -0.1) is 0 Å². The third-order valence-electron chi connectivity index (χ3n) is 1.38. The molecule has 13 heavy (non-hydrogen) atoms. The van der Waals surface area contributed by atoms with Gasteiger partial charge in [0, 0.05) is 12.2 Å². The molecule has 0 unspecified atom stereocenters. The van der Waals surface area contributed by atoms with Crippen molar-refractivity contribution in [3.05, 3.63) is 6.33 Å². The van der Waals surface area contributed by atoms with E-state index in [1.807, 2.05) is 0 Å². The summed E-state index contributed by atoms with van der Waals surface area (Å²) in [5.74, 6) is 0.669. The fraction of sp³-hybridized carbons (Fsp3) is 0.571. The molecule has 5 nitrogen and oxygen atoms in total. The van der Waals surface area contributed by atoms with Crippen LogP contribution in [-0.2, 0) is 9.53 Å². The molecule has 1 aromatic heterocycles. The number of carbonyl (C=O) groups is 1. The van der Waals surface area contributed by atoms with Crippen molar-refractivity contribution in [2.75, 3.05) is 12.9 Å². The van der Waals surface area contributed by atoms with Crippen LogP contribution in [0.5, 0.6) is 0 Å². The van der Waals surface area contributed by atoms with Crippen LogP contribution in [0.1, 0.15) is 12.8 Å². The maximum absolute atomic E-state index is 10.7. The number of aromatic amines is 1. The van der Waals surface area contributed by atoms with Gasteiger partial charge in [-0.1, -0.05) is 11.8 Å². The average Bonchev–Trinajstić information content (AvgIpc) is 2.64. The molecule has 0 saturated carbocycles. The summed E-state index contributed by atoms with van der Waals surface area (Å²) >= 11 is 1.54. The number of H-pyrrole nitrogens is 1. The molecule has 1 aromatic rings. The Morgan fingerprint density at radius 2 is 2.62 bits per heavy atom. The fourth-order valence-corrected chi connectivity index (χ4v) is 1.47. The summed E-state index contributed by atoms with van der Waals surface area (Å²) in [6.45, 7) is 0. The topological polar surface area (TPSA) is 67.9 Å². The Balaban J connectivity index is 2.05. The second kappa shape index (κ2) is 5.58. The molecule has 0 spiro atoms. The summed E-state index contributed by atoms with van der Waals surface area (Å²) in [5.41, 5.74) is 0. The largest absolute Gasteiger partial charge is 0.469 e. The van der Waals surface area contributed by atoms with Gasteiger partial charge < -0.3 is 4.74 Å². The van der Waals surface area contributed by atoms with Gasteiger partial charge in [-0.05, 0) is 6.42 Å². The minimum Gasteiger partial charge on any atom is -0.469 e. The monoisotopic (exact) mass is 201 g/mol. The summed E-state index contributed by atoms with van der Waals surface area (Å²) in [4.78, 5) is 14.6. The highest BCUT2D eigenvalue weighted by molar-refractivity contribution is 7.99. The first-order valence-electron chi connectivity index (χ1n) is 3.88. The Bertz CT molecular complexity index is 250. The lowest BCUT2D eigenvalue weighted by atomic mass is 10.3. The molecule has 0 aromatic carbocycles. The van der Waals surface area contributed by atoms with Crippen LogP contribution in [-0.4, -0.2) is 34.0 Å². The summed E-state index contributed by atoms with van der Waals surface area (Å²) in [7, 11) is 1.39. The summed E-state index contributed by atoms with van der Waals surface area (Å²) in [6.07, 6.45) is 2.71. The molecule has 0 aliphatic heterocycles. The SMILES string of the molecule is COC(=O)CCCSc1ncn[nH]1. The van der Waals surface area contributed by atoms with E-state index in [9.17, 15) is 4.79 Å². The van der Waals surface area contributed by atoms with Crippen molar-refractivity contribution >= 4 is 17.7 Å². The Morgan fingerprint density at radius 3 is 3.23 bits per heavy atom. The number of aromatic nitrogens is 3. The first-order valence-corrected chi connectivity index (χ1v) is 4.86. The van der Waals surface area contributed by atoms with E-state index in [0.29, 0.717) is 6.42 Å². The number of ether oxygens (including phenoxy) is 1. The summed E-state index contributed by atoms with van der Waals surface area (Å²) < 4.78 is 4.50. The van der Waals surface area contributed by atoms with E-state index in [-0.39, 0.29) is 5.97 Å². The highest BCUT2D eigenvalue weighted by atomic mass is 32.2. The van der Waals surface area contributed by atoms with Gasteiger partial charge in [-0.3, -0.25) is 9.89 Å². The summed E-state index contributed by atoms with van der Waals surface area (Å²) in [5, 5.41) is 7.21. The Labute approximate surface area is 80.3 Å². The van der Waals surface area contributed by atoms with Gasteiger partial charge in [0.15, 0.2) is 5.16 Å². The quantitative estimate of drug-likeness (QED) is 0.434. The van der Waals surface area contributed by atoms with Crippen molar-refractivity contribution in [2.45, 2.75) is 18.0 Å². The minimum atomic E-state index is -0.168. The number of methoxy groups -OCH3 is 1. The van der Waals surface area contributed by atoms with E-state index >= 15 is 0 Å². The maximum atomic E-state index is 10.7. The molecular formula is C7H11N3O2S. The molecule has 0 aliphatic carbocycles. The first kappa shape index (κ1) is 10.0. The van der Waals surface area contributed by atoms with Gasteiger partial charge in [-0.2, -0.15) is 5.10 Å². The number of nitrogens with zero attached hydrogens (tertiary/aromatic N) is 2. The van der Waals surface area contributed by atoms with E-state index in [1.54, 1.807) is 11.8 Å². The molecule has 0 atom stereocenters. The van der Waals surface area contributed by atoms with Gasteiger partial charge in [0.25, 0.3) is 0 Å². The second-order valence-electron chi connectivity index (χ2n) is 2.32. The molecule has 0 aliphatic rings. The van der Waals surface area contributed by atoms with Crippen molar-refractivity contribution in [3.8, 4) is 0 Å². The standard InChI is InChI=1S/C7H11N3O2S/c1-12-6(11)3-2-4-13-7-8-5-9-10-7/h5H,2-4H2,1H3,(H,8,9,10). The third kappa shape index (κ3) is 3.93. The Hall–Kier alpha value is -1.04. The Kier molecular flexibility index (Phi) is 4.31. The second-order valence-corrected chi connectivity index (χ2v) is 3.40. The van der Waals surface area contributed by atoms with Gasteiger partial charge >= 0.3 is 5.97 Å². The highest BCUT2D eigenvalue weighted by Gasteiger charge is 2.00. The number of hydrogen-bond acceptors (Lipinski definition) is 5. The van der Waals surface area contributed by atoms with Gasteiger partial charge in [0.2, 0.25) is 0 Å². The predicted octanol–water partition coefficient (Wildman–Crippen LogP) is 0.850. The fourth-order valence-electron chi connectivity index (χ4n) is 0.751. The van der Waals surface area contributed by atoms with Crippen LogP contribution in [0.4, 0.5) is 0 Å².